The van der Waals surface area contributed by atoms with Crippen LogP contribution in [0, 0.1) is 17.8 Å². The van der Waals surface area contributed by atoms with Gasteiger partial charge in [-0.1, -0.05) is 45.8 Å². The predicted molar refractivity (Wildman–Crippen MR) is 145 cm³/mol. The molecule has 0 aromatic carbocycles. The van der Waals surface area contributed by atoms with Crippen molar-refractivity contribution < 1.29 is 19.5 Å². The summed E-state index contributed by atoms with van der Waals surface area (Å²) in [6, 6.07) is -1.19. The number of likely N-dealkylation sites (tertiary alicyclic amines) is 1. The molecule has 3 fully saturated rings. The lowest BCUT2D eigenvalue weighted by Gasteiger charge is -2.40. The smallest absolute Gasteiger partial charge is 0.247 e. The third kappa shape index (κ3) is 4.64. The first-order chi connectivity index (χ1) is 17.0. The molecule has 0 aromatic rings. The van der Waals surface area contributed by atoms with Crippen molar-refractivity contribution in [2.24, 2.45) is 17.8 Å². The standard InChI is InChI=1S/C28H45N3O4S/c1-8-11-12-17-30(16-10-3)26(35)23-28-14-13-27(6,36-28)21(24(33)29(7)15-9-2)22(28)25(34)31(23)20(18-32)19(4)5/h9-10,19-23,32H,2-3,8,11-18H2,1,4-7H3/t20-,21-,22-,23?,27+,28?/m0/s1. The summed E-state index contributed by atoms with van der Waals surface area (Å²) < 4.78 is -1.08. The first kappa shape index (κ1) is 28.8. The Labute approximate surface area is 221 Å². The summed E-state index contributed by atoms with van der Waals surface area (Å²) in [6.07, 6.45) is 7.87. The Balaban J connectivity index is 2.11. The minimum Gasteiger partial charge on any atom is -0.394 e. The number of carbonyl (C=O) groups excluding carboxylic acids is 3. The van der Waals surface area contributed by atoms with Gasteiger partial charge in [0.1, 0.15) is 6.04 Å². The first-order valence-electron chi connectivity index (χ1n) is 13.4. The molecule has 3 amide bonds. The monoisotopic (exact) mass is 519 g/mol. The van der Waals surface area contributed by atoms with E-state index in [1.807, 2.05) is 18.7 Å². The summed E-state index contributed by atoms with van der Waals surface area (Å²) in [5.74, 6) is -1.42. The molecule has 0 aromatic heterocycles. The lowest BCUT2D eigenvalue weighted by molar-refractivity contribution is -0.148. The van der Waals surface area contributed by atoms with E-state index in [4.69, 9.17) is 0 Å². The molecule has 6 atom stereocenters. The normalized spacial score (nSPS) is 31.5. The highest BCUT2D eigenvalue weighted by Gasteiger charge is 2.78. The molecular weight excluding hydrogens is 474 g/mol. The second kappa shape index (κ2) is 11.3. The van der Waals surface area contributed by atoms with E-state index in [2.05, 4.69) is 27.0 Å². The number of aliphatic hydroxyl groups is 1. The SMILES string of the molecule is C=CCN(C)C(=O)[C@@H]1[C@H]2C(=O)N([C@@H](CO)C(C)C)C(C(=O)N(CC=C)CCCCC)C23CC[C@@]1(C)S3. The second-order valence-corrected chi connectivity index (χ2v) is 13.2. The Morgan fingerprint density at radius 1 is 1.19 bits per heavy atom. The lowest BCUT2D eigenvalue weighted by atomic mass is 9.66. The largest absolute Gasteiger partial charge is 0.394 e. The summed E-state index contributed by atoms with van der Waals surface area (Å²) in [6.45, 7) is 17.0. The zero-order chi connectivity index (χ0) is 26.8. The van der Waals surface area contributed by atoms with Gasteiger partial charge in [0.15, 0.2) is 0 Å². The van der Waals surface area contributed by atoms with Crippen LogP contribution in [0.3, 0.4) is 0 Å². The van der Waals surface area contributed by atoms with Crippen molar-refractivity contribution in [3.63, 3.8) is 0 Å². The number of thioether (sulfide) groups is 1. The highest BCUT2D eigenvalue weighted by Crippen LogP contribution is 2.72. The third-order valence-electron chi connectivity index (χ3n) is 8.50. The van der Waals surface area contributed by atoms with Gasteiger partial charge >= 0.3 is 0 Å². The quantitative estimate of drug-likeness (QED) is 0.298. The van der Waals surface area contributed by atoms with Crippen LogP contribution in [0.15, 0.2) is 25.3 Å². The van der Waals surface area contributed by atoms with Crippen LogP contribution in [0.5, 0.6) is 0 Å². The Hall–Kier alpha value is -1.80. The van der Waals surface area contributed by atoms with Crippen LogP contribution in [-0.4, -0.2) is 92.4 Å². The summed E-state index contributed by atoms with van der Waals surface area (Å²) in [5.41, 5.74) is 0. The molecule has 202 valence electrons. The highest BCUT2D eigenvalue weighted by molar-refractivity contribution is 8.02. The maximum absolute atomic E-state index is 14.4. The minimum atomic E-state index is -0.703. The third-order valence-corrected chi connectivity index (χ3v) is 10.5. The zero-order valence-electron chi connectivity index (χ0n) is 22.7. The summed E-state index contributed by atoms with van der Waals surface area (Å²) in [7, 11) is 1.75. The van der Waals surface area contributed by atoms with Gasteiger partial charge in [-0.15, -0.1) is 24.9 Å². The van der Waals surface area contributed by atoms with Crippen molar-refractivity contribution in [3.8, 4) is 0 Å². The summed E-state index contributed by atoms with van der Waals surface area (Å²) in [5, 5.41) is 10.4. The molecule has 0 radical (unpaired) electrons. The number of hydrogen-bond acceptors (Lipinski definition) is 5. The van der Waals surface area contributed by atoms with E-state index in [0.717, 1.165) is 25.7 Å². The molecule has 7 nitrogen and oxygen atoms in total. The number of likely N-dealkylation sites (N-methyl/N-ethyl adjacent to an activating group) is 1. The maximum Gasteiger partial charge on any atom is 0.247 e. The van der Waals surface area contributed by atoms with Gasteiger partial charge in [-0.25, -0.2) is 0 Å². The predicted octanol–water partition coefficient (Wildman–Crippen LogP) is 3.33. The van der Waals surface area contributed by atoms with Crippen molar-refractivity contribution in [2.45, 2.75) is 81.4 Å². The summed E-state index contributed by atoms with van der Waals surface area (Å²) >= 11 is 1.68. The van der Waals surface area contributed by atoms with Crippen LogP contribution in [0.2, 0.25) is 0 Å². The number of fused-ring (bicyclic) bond motifs is 1. The molecule has 2 unspecified atom stereocenters. The topological polar surface area (TPSA) is 81.2 Å². The maximum atomic E-state index is 14.4. The number of aliphatic hydroxyl groups excluding tert-OH is 1. The van der Waals surface area contributed by atoms with E-state index in [1.165, 1.54) is 0 Å². The van der Waals surface area contributed by atoms with Gasteiger partial charge in [-0.2, -0.15) is 0 Å². The second-order valence-electron chi connectivity index (χ2n) is 11.3. The van der Waals surface area contributed by atoms with Gasteiger partial charge in [0.25, 0.3) is 0 Å². The molecule has 0 aliphatic carbocycles. The van der Waals surface area contributed by atoms with Crippen molar-refractivity contribution in [2.75, 3.05) is 33.3 Å². The van der Waals surface area contributed by atoms with Crippen LogP contribution in [0.25, 0.3) is 0 Å². The summed E-state index contributed by atoms with van der Waals surface area (Å²) in [4.78, 5) is 47.5. The Bertz CT molecular complexity index is 879. The van der Waals surface area contributed by atoms with E-state index in [1.54, 1.807) is 40.8 Å². The first-order valence-corrected chi connectivity index (χ1v) is 14.2. The minimum absolute atomic E-state index is 0.0344. The van der Waals surface area contributed by atoms with E-state index in [0.29, 0.717) is 26.1 Å². The average molecular weight is 520 g/mol. The number of rotatable bonds is 13. The van der Waals surface area contributed by atoms with Gasteiger partial charge in [0.05, 0.1) is 29.2 Å². The molecule has 1 N–H and O–H groups in total. The number of carbonyl (C=O) groups is 3. The van der Waals surface area contributed by atoms with E-state index in [9.17, 15) is 19.5 Å². The molecule has 3 saturated heterocycles. The molecule has 3 rings (SSSR count). The van der Waals surface area contributed by atoms with Crippen molar-refractivity contribution in [1.29, 1.82) is 0 Å². The number of hydrogen-bond donors (Lipinski definition) is 1. The Morgan fingerprint density at radius 3 is 2.42 bits per heavy atom. The fourth-order valence-electron chi connectivity index (χ4n) is 6.69. The highest BCUT2D eigenvalue weighted by atomic mass is 32.2. The van der Waals surface area contributed by atoms with Gasteiger partial charge in [0.2, 0.25) is 17.7 Å². The Kier molecular flexibility index (Phi) is 9.03. The van der Waals surface area contributed by atoms with E-state index in [-0.39, 0.29) is 30.2 Å². The molecule has 8 heteroatoms. The molecule has 3 heterocycles. The number of amides is 3. The van der Waals surface area contributed by atoms with E-state index < -0.39 is 33.4 Å². The molecule has 1 spiro atoms. The zero-order valence-corrected chi connectivity index (χ0v) is 23.6. The molecular formula is C28H45N3O4S. The Morgan fingerprint density at radius 2 is 1.86 bits per heavy atom. The van der Waals surface area contributed by atoms with Crippen molar-refractivity contribution >= 4 is 29.5 Å². The number of nitrogens with zero attached hydrogens (tertiary/aromatic N) is 3. The van der Waals surface area contributed by atoms with Gasteiger partial charge in [0, 0.05) is 31.4 Å². The molecule has 0 saturated carbocycles. The number of unbranched alkanes of at least 4 members (excludes halogenated alkanes) is 2. The van der Waals surface area contributed by atoms with Gasteiger partial charge < -0.3 is 19.8 Å². The van der Waals surface area contributed by atoms with Gasteiger partial charge in [-0.05, 0) is 32.1 Å². The van der Waals surface area contributed by atoms with Crippen LogP contribution >= 0.6 is 11.8 Å². The van der Waals surface area contributed by atoms with Crippen LogP contribution in [0.4, 0.5) is 0 Å². The fourth-order valence-corrected chi connectivity index (χ4v) is 9.02. The van der Waals surface area contributed by atoms with Crippen LogP contribution in [0.1, 0.15) is 59.8 Å². The van der Waals surface area contributed by atoms with E-state index >= 15 is 0 Å². The van der Waals surface area contributed by atoms with Crippen LogP contribution in [-0.2, 0) is 14.4 Å². The van der Waals surface area contributed by atoms with Crippen LogP contribution < -0.4 is 0 Å². The molecule has 36 heavy (non-hydrogen) atoms. The van der Waals surface area contributed by atoms with Crippen molar-refractivity contribution in [3.05, 3.63) is 25.3 Å². The molecule has 2 bridgehead atoms. The molecule has 3 aliphatic rings. The van der Waals surface area contributed by atoms with Gasteiger partial charge in [-0.3, -0.25) is 14.4 Å². The van der Waals surface area contributed by atoms with Crippen molar-refractivity contribution in [1.82, 2.24) is 14.7 Å². The fraction of sp³-hybridized carbons (Fsp3) is 0.750. The molecule has 3 aliphatic heterocycles. The lowest BCUT2D eigenvalue weighted by Crippen LogP contribution is -2.58. The average Bonchev–Trinajstić information content (AvgIpc) is 3.39.